The summed E-state index contributed by atoms with van der Waals surface area (Å²) in [5.41, 5.74) is 0. The fraction of sp³-hybridized carbons (Fsp3) is 0. The van der Waals surface area contributed by atoms with Crippen LogP contribution in [-0.4, -0.2) is 4.89 Å². The molecule has 0 aromatic carbocycles. The van der Waals surface area contributed by atoms with E-state index in [0.29, 0.717) is 0 Å². The van der Waals surface area contributed by atoms with Gasteiger partial charge in [0.2, 0.25) is 0 Å². The molecule has 1 N–H and O–H groups in total. The molecule has 0 saturated heterocycles. The van der Waals surface area contributed by atoms with Gasteiger partial charge in [-0.05, 0) is 4.57 Å². The van der Waals surface area contributed by atoms with Crippen molar-refractivity contribution >= 4 is 16.5 Å². The molecular weight excluding hydrogens is 165 g/mol. The van der Waals surface area contributed by atoms with E-state index in [1.54, 1.807) is 0 Å². The second-order valence-electron chi connectivity index (χ2n) is 0.543. The van der Waals surface area contributed by atoms with Gasteiger partial charge in [0.1, 0.15) is 4.31 Å². The van der Waals surface area contributed by atoms with Crippen LogP contribution in [0.4, 0.5) is 0 Å². The normalized spacial score (nSPS) is 11.8. The van der Waals surface area contributed by atoms with E-state index in [4.69, 9.17) is 4.89 Å². The Morgan fingerprint density at radius 1 is 1.50 bits per heavy atom. The van der Waals surface area contributed by atoms with Crippen LogP contribution in [0.25, 0.3) is 0 Å². The Morgan fingerprint density at radius 2 is 1.88 bits per heavy atom. The molecule has 0 amide bonds. The molecule has 0 radical (unpaired) electrons. The Kier molecular flexibility index (Phi) is 9.17. The first kappa shape index (κ1) is 11.8. The topological polar surface area (TPSA) is 86.7 Å². The molecule has 0 spiro atoms. The first-order chi connectivity index (χ1) is 3.13. The van der Waals surface area contributed by atoms with E-state index in [0.717, 1.165) is 0 Å². The minimum absolute atomic E-state index is 0. The Hall–Kier alpha value is 1.08. The van der Waals surface area contributed by atoms with Crippen molar-refractivity contribution in [3.8, 4) is 0 Å². The smallest absolute Gasteiger partial charge is 0.563 e. The van der Waals surface area contributed by atoms with Crippen LogP contribution < -0.4 is 34.5 Å². The quantitative estimate of drug-likeness (QED) is 0.342. The van der Waals surface area contributed by atoms with Crippen LogP contribution in [0.2, 0.25) is 0 Å². The average molecular weight is 166 g/mol. The number of hydrogen-bond donors (Lipinski definition) is 1. The van der Waals surface area contributed by atoms with Crippen molar-refractivity contribution in [2.24, 2.45) is 0 Å². The van der Waals surface area contributed by atoms with Crippen LogP contribution >= 0.6 is 16.5 Å². The van der Waals surface area contributed by atoms with Crippen LogP contribution in [-0.2, 0) is 13.4 Å². The van der Waals surface area contributed by atoms with Crippen LogP contribution in [0.15, 0.2) is 0 Å². The fourth-order valence-corrected chi connectivity index (χ4v) is 0.513. The summed E-state index contributed by atoms with van der Waals surface area (Å²) in [4.78, 5) is 16.9. The molecule has 5 nitrogen and oxygen atoms in total. The summed E-state index contributed by atoms with van der Waals surface area (Å²) in [6.45, 7) is 0. The summed E-state index contributed by atoms with van der Waals surface area (Å²) in [6, 6.07) is 0. The Morgan fingerprint density at radius 3 is 1.88 bits per heavy atom. The number of rotatable bonds is 2. The van der Waals surface area contributed by atoms with Crippen molar-refractivity contribution in [3.05, 3.63) is 0 Å². The van der Waals surface area contributed by atoms with Crippen molar-refractivity contribution in [2.45, 2.75) is 0 Å². The predicted octanol–water partition coefficient (Wildman–Crippen LogP) is -3.33. The monoisotopic (exact) mass is 166 g/mol. The molecule has 0 fully saturated rings. The van der Waals surface area contributed by atoms with E-state index >= 15 is 0 Å². The second kappa shape index (κ2) is 6.20. The largest absolute Gasteiger partial charge is 1.00 e. The SMILES string of the molecule is O=[P+]([O-])O[P+](=O)O.[Na+]. The van der Waals surface area contributed by atoms with Gasteiger partial charge in [-0.15, -0.1) is 4.89 Å². The predicted molar refractivity (Wildman–Crippen MR) is 18.5 cm³/mol. The summed E-state index contributed by atoms with van der Waals surface area (Å²) in [5, 5.41) is 0. The third kappa shape index (κ3) is 10.1. The molecular formula is HNaO5P2+2. The molecule has 0 aromatic rings. The van der Waals surface area contributed by atoms with E-state index in [-0.39, 0.29) is 29.6 Å². The molecule has 0 saturated carbocycles. The summed E-state index contributed by atoms with van der Waals surface area (Å²) in [5.74, 6) is 0. The third-order valence-corrected chi connectivity index (χ3v) is 1.23. The first-order valence-electron chi connectivity index (χ1n) is 1.11. The molecule has 0 aromatic heterocycles. The van der Waals surface area contributed by atoms with Gasteiger partial charge in [0.15, 0.2) is 0 Å². The second-order valence-corrected chi connectivity index (χ2v) is 2.12. The minimum atomic E-state index is -3.17. The molecule has 0 rings (SSSR count). The Balaban J connectivity index is 0. The molecule has 2 atom stereocenters. The molecule has 8 heavy (non-hydrogen) atoms. The van der Waals surface area contributed by atoms with Gasteiger partial charge in [0, 0.05) is 4.57 Å². The maximum absolute atomic E-state index is 9.35. The van der Waals surface area contributed by atoms with E-state index in [1.807, 2.05) is 0 Å². The standard InChI is InChI=1S/Na.O5P2/c;1-6(2)5-7(3)4/q+1;/p+1. The van der Waals surface area contributed by atoms with E-state index in [1.165, 1.54) is 0 Å². The summed E-state index contributed by atoms with van der Waals surface area (Å²) in [7, 11) is -6.16. The van der Waals surface area contributed by atoms with Gasteiger partial charge in [-0.2, -0.15) is 0 Å². The number of hydrogen-bond acceptors (Lipinski definition) is 4. The zero-order valence-corrected chi connectivity index (χ0v) is 7.76. The van der Waals surface area contributed by atoms with Crippen LogP contribution in [0.5, 0.6) is 0 Å². The van der Waals surface area contributed by atoms with Crippen molar-refractivity contribution < 1.29 is 52.8 Å². The van der Waals surface area contributed by atoms with Gasteiger partial charge >= 0.3 is 46.1 Å². The maximum Gasteiger partial charge on any atom is 1.00 e. The third-order valence-electron chi connectivity index (χ3n) is 0.137. The van der Waals surface area contributed by atoms with Gasteiger partial charge in [-0.25, -0.2) is 0 Å². The molecule has 0 aliphatic rings. The van der Waals surface area contributed by atoms with Gasteiger partial charge in [-0.3, -0.25) is 0 Å². The fourth-order valence-electron chi connectivity index (χ4n) is 0.0570. The molecule has 2 unspecified atom stereocenters. The minimum Gasteiger partial charge on any atom is -0.563 e. The van der Waals surface area contributed by atoms with Crippen molar-refractivity contribution in [3.63, 3.8) is 0 Å². The van der Waals surface area contributed by atoms with Crippen molar-refractivity contribution in [1.29, 1.82) is 0 Å². The van der Waals surface area contributed by atoms with Gasteiger partial charge in [0.05, 0.1) is 0 Å². The van der Waals surface area contributed by atoms with Crippen LogP contribution in [0, 0.1) is 0 Å². The van der Waals surface area contributed by atoms with Crippen molar-refractivity contribution in [2.75, 3.05) is 0 Å². The summed E-state index contributed by atoms with van der Waals surface area (Å²) >= 11 is 0. The molecule has 0 aliphatic carbocycles. The Labute approximate surface area is 69.2 Å². The van der Waals surface area contributed by atoms with Crippen molar-refractivity contribution in [1.82, 2.24) is 0 Å². The zero-order chi connectivity index (χ0) is 5.86. The van der Waals surface area contributed by atoms with Crippen LogP contribution in [0.1, 0.15) is 0 Å². The molecule has 40 valence electrons. The average Bonchev–Trinajstić information content (AvgIpc) is 1.27. The first-order valence-corrected chi connectivity index (χ1v) is 3.34. The molecule has 0 heterocycles. The Bertz CT molecular complexity index is 86.6. The van der Waals surface area contributed by atoms with E-state index in [9.17, 15) is 14.0 Å². The maximum atomic E-state index is 9.35. The van der Waals surface area contributed by atoms with Crippen LogP contribution in [0.3, 0.4) is 0 Å². The molecule has 0 bridgehead atoms. The zero-order valence-electron chi connectivity index (χ0n) is 3.97. The summed E-state index contributed by atoms with van der Waals surface area (Å²) in [6.07, 6.45) is 0. The summed E-state index contributed by atoms with van der Waals surface area (Å²) < 4.78 is 21.9. The molecule has 0 aliphatic heterocycles. The van der Waals surface area contributed by atoms with Gasteiger partial charge < -0.3 is 4.89 Å². The van der Waals surface area contributed by atoms with Gasteiger partial charge in [-0.1, -0.05) is 0 Å². The molecule has 8 heteroatoms. The van der Waals surface area contributed by atoms with E-state index in [2.05, 4.69) is 4.31 Å². The van der Waals surface area contributed by atoms with Gasteiger partial charge in [0.25, 0.3) is 0 Å². The van der Waals surface area contributed by atoms with E-state index < -0.39 is 16.5 Å².